The molecule has 1 aliphatic rings. The molecule has 5 heteroatoms. The maximum absolute atomic E-state index is 12.3. The van der Waals surface area contributed by atoms with Gasteiger partial charge >= 0.3 is 0 Å². The highest BCUT2D eigenvalue weighted by Crippen LogP contribution is 2.30. The Kier molecular flexibility index (Phi) is 4.04. The molecule has 0 aliphatic carbocycles. The quantitative estimate of drug-likeness (QED) is 0.942. The highest BCUT2D eigenvalue weighted by atomic mass is 16.5. The molecule has 1 aromatic heterocycles. The fourth-order valence-corrected chi connectivity index (χ4v) is 2.56. The number of rotatable bonds is 4. The lowest BCUT2D eigenvalue weighted by Crippen LogP contribution is -2.36. The van der Waals surface area contributed by atoms with Crippen molar-refractivity contribution < 1.29 is 18.7 Å². The second kappa shape index (κ2) is 6.13. The molecule has 0 radical (unpaired) electrons. The zero-order valence-electron chi connectivity index (χ0n) is 12.7. The van der Waals surface area contributed by atoms with E-state index in [9.17, 15) is 4.79 Å². The number of ether oxygens (including phenoxy) is 2. The summed E-state index contributed by atoms with van der Waals surface area (Å²) in [6.07, 6.45) is 0.648. The van der Waals surface area contributed by atoms with Crippen molar-refractivity contribution in [2.45, 2.75) is 19.9 Å². The first-order valence-electron chi connectivity index (χ1n) is 7.28. The van der Waals surface area contributed by atoms with Crippen molar-refractivity contribution in [3.63, 3.8) is 0 Å². The molecule has 0 spiro atoms. The summed E-state index contributed by atoms with van der Waals surface area (Å²) in [6.45, 7) is 2.67. The van der Waals surface area contributed by atoms with Crippen LogP contribution in [-0.4, -0.2) is 19.6 Å². The summed E-state index contributed by atoms with van der Waals surface area (Å²) in [5.41, 5.74) is 1.000. The smallest absolute Gasteiger partial charge is 0.227 e. The van der Waals surface area contributed by atoms with Crippen molar-refractivity contribution >= 4 is 5.91 Å². The Morgan fingerprint density at radius 1 is 1.36 bits per heavy atom. The Hall–Kier alpha value is -2.43. The van der Waals surface area contributed by atoms with Crippen LogP contribution in [0.5, 0.6) is 11.5 Å². The average Bonchev–Trinajstić information content (AvgIpc) is 2.97. The van der Waals surface area contributed by atoms with Gasteiger partial charge in [-0.05, 0) is 49.2 Å². The van der Waals surface area contributed by atoms with E-state index in [4.69, 9.17) is 13.9 Å². The van der Waals surface area contributed by atoms with Gasteiger partial charge < -0.3 is 19.2 Å². The van der Waals surface area contributed by atoms with E-state index in [0.29, 0.717) is 19.6 Å². The number of carbonyl (C=O) groups excluding carboxylic acids is 1. The van der Waals surface area contributed by atoms with E-state index in [2.05, 4.69) is 5.32 Å². The third kappa shape index (κ3) is 3.08. The van der Waals surface area contributed by atoms with Crippen LogP contribution in [0.15, 0.2) is 34.7 Å². The van der Waals surface area contributed by atoms with E-state index in [0.717, 1.165) is 28.6 Å². The number of aryl methyl sites for hydroxylation is 1. The van der Waals surface area contributed by atoms with Crippen LogP contribution in [0.2, 0.25) is 0 Å². The van der Waals surface area contributed by atoms with Crippen molar-refractivity contribution in [3.8, 4) is 11.5 Å². The van der Waals surface area contributed by atoms with Crippen LogP contribution in [0, 0.1) is 12.8 Å². The van der Waals surface area contributed by atoms with Gasteiger partial charge in [0, 0.05) is 0 Å². The van der Waals surface area contributed by atoms with Gasteiger partial charge in [0.1, 0.15) is 29.6 Å². The molecule has 5 nitrogen and oxygen atoms in total. The van der Waals surface area contributed by atoms with E-state index in [-0.39, 0.29) is 11.8 Å². The lowest BCUT2D eigenvalue weighted by atomic mass is 9.96. The van der Waals surface area contributed by atoms with Gasteiger partial charge in [-0.2, -0.15) is 0 Å². The average molecular weight is 301 g/mol. The van der Waals surface area contributed by atoms with Crippen molar-refractivity contribution in [2.75, 3.05) is 13.7 Å². The topological polar surface area (TPSA) is 60.7 Å². The second-order valence-corrected chi connectivity index (χ2v) is 5.42. The Labute approximate surface area is 129 Å². The van der Waals surface area contributed by atoms with E-state index >= 15 is 0 Å². The van der Waals surface area contributed by atoms with Crippen LogP contribution in [0.1, 0.15) is 17.1 Å². The minimum absolute atomic E-state index is 0.0254. The van der Waals surface area contributed by atoms with Crippen molar-refractivity contribution in [1.29, 1.82) is 0 Å². The second-order valence-electron chi connectivity index (χ2n) is 5.42. The monoisotopic (exact) mass is 301 g/mol. The van der Waals surface area contributed by atoms with E-state index < -0.39 is 0 Å². The maximum Gasteiger partial charge on any atom is 0.227 e. The molecular formula is C17H19NO4. The number of carbonyl (C=O) groups is 1. The largest absolute Gasteiger partial charge is 0.497 e. The lowest BCUT2D eigenvalue weighted by Gasteiger charge is -2.24. The van der Waals surface area contributed by atoms with E-state index in [1.54, 1.807) is 7.11 Å². The number of amides is 1. The molecule has 1 atom stereocenters. The SMILES string of the molecule is COc1ccc2c(c1)C[C@H](C(=O)NCc1ccc(C)o1)CO2. The zero-order valence-corrected chi connectivity index (χ0v) is 12.7. The number of fused-ring (bicyclic) bond motifs is 1. The highest BCUT2D eigenvalue weighted by Gasteiger charge is 2.26. The number of furan rings is 1. The molecule has 2 aromatic rings. The van der Waals surface area contributed by atoms with Crippen LogP contribution in [0.3, 0.4) is 0 Å². The summed E-state index contributed by atoms with van der Waals surface area (Å²) in [4.78, 5) is 12.3. The van der Waals surface area contributed by atoms with Gasteiger partial charge in [-0.1, -0.05) is 0 Å². The fraction of sp³-hybridized carbons (Fsp3) is 0.353. The molecule has 0 saturated heterocycles. The standard InChI is InChI=1S/C17H19NO4/c1-11-3-4-15(22-11)9-18-17(19)13-7-12-8-14(20-2)5-6-16(12)21-10-13/h3-6,8,13H,7,9-10H2,1-2H3,(H,18,19)/t13-/m0/s1. The Bertz CT molecular complexity index is 677. The van der Waals surface area contributed by atoms with Crippen LogP contribution >= 0.6 is 0 Å². The highest BCUT2D eigenvalue weighted by molar-refractivity contribution is 5.79. The molecule has 22 heavy (non-hydrogen) atoms. The Balaban J connectivity index is 1.62. The summed E-state index contributed by atoms with van der Waals surface area (Å²) in [5.74, 6) is 2.97. The predicted octanol–water partition coefficient (Wildman–Crippen LogP) is 2.46. The molecular weight excluding hydrogens is 282 g/mol. The molecule has 2 heterocycles. The number of hydrogen-bond acceptors (Lipinski definition) is 4. The number of nitrogens with one attached hydrogen (secondary N) is 1. The predicted molar refractivity (Wildman–Crippen MR) is 81.0 cm³/mol. The van der Waals surface area contributed by atoms with Gasteiger partial charge in [0.05, 0.1) is 19.6 Å². The molecule has 0 saturated carbocycles. The lowest BCUT2D eigenvalue weighted by molar-refractivity contribution is -0.126. The minimum Gasteiger partial charge on any atom is -0.497 e. The van der Waals surface area contributed by atoms with Gasteiger partial charge in [0.25, 0.3) is 0 Å². The molecule has 0 unspecified atom stereocenters. The third-order valence-electron chi connectivity index (χ3n) is 3.78. The first-order chi connectivity index (χ1) is 10.7. The normalized spacial score (nSPS) is 16.5. The first kappa shape index (κ1) is 14.5. The van der Waals surface area contributed by atoms with E-state index in [1.807, 2.05) is 37.3 Å². The van der Waals surface area contributed by atoms with Gasteiger partial charge in [0.15, 0.2) is 0 Å². The molecule has 0 bridgehead atoms. The first-order valence-corrected chi connectivity index (χ1v) is 7.28. The van der Waals surface area contributed by atoms with Gasteiger partial charge in [-0.15, -0.1) is 0 Å². The van der Waals surface area contributed by atoms with Gasteiger partial charge in [0.2, 0.25) is 5.91 Å². The van der Waals surface area contributed by atoms with Crippen LogP contribution in [0.25, 0.3) is 0 Å². The van der Waals surface area contributed by atoms with Crippen LogP contribution in [-0.2, 0) is 17.8 Å². The van der Waals surface area contributed by atoms with Crippen LogP contribution < -0.4 is 14.8 Å². The molecule has 1 amide bonds. The van der Waals surface area contributed by atoms with Crippen molar-refractivity contribution in [1.82, 2.24) is 5.32 Å². The molecule has 3 rings (SSSR count). The zero-order chi connectivity index (χ0) is 15.5. The summed E-state index contributed by atoms with van der Waals surface area (Å²) < 4.78 is 16.3. The van der Waals surface area contributed by atoms with Crippen molar-refractivity contribution in [3.05, 3.63) is 47.4 Å². The van der Waals surface area contributed by atoms with Gasteiger partial charge in [-0.25, -0.2) is 0 Å². The molecule has 116 valence electrons. The third-order valence-corrected chi connectivity index (χ3v) is 3.78. The molecule has 1 N–H and O–H groups in total. The van der Waals surface area contributed by atoms with Crippen molar-refractivity contribution in [2.24, 2.45) is 5.92 Å². The fourth-order valence-electron chi connectivity index (χ4n) is 2.56. The molecule has 1 aliphatic heterocycles. The summed E-state index contributed by atoms with van der Waals surface area (Å²) in [6, 6.07) is 9.41. The van der Waals surface area contributed by atoms with Gasteiger partial charge in [-0.3, -0.25) is 4.79 Å². The molecule has 1 aromatic carbocycles. The summed E-state index contributed by atoms with van der Waals surface area (Å²) in [7, 11) is 1.63. The summed E-state index contributed by atoms with van der Waals surface area (Å²) >= 11 is 0. The minimum atomic E-state index is -0.198. The van der Waals surface area contributed by atoms with E-state index in [1.165, 1.54) is 0 Å². The Morgan fingerprint density at radius 2 is 2.23 bits per heavy atom. The Morgan fingerprint density at radius 3 is 2.95 bits per heavy atom. The summed E-state index contributed by atoms with van der Waals surface area (Å²) in [5, 5.41) is 2.90. The van der Waals surface area contributed by atoms with Crippen LogP contribution in [0.4, 0.5) is 0 Å². The number of benzene rings is 1. The molecule has 0 fully saturated rings. The maximum atomic E-state index is 12.3. The number of hydrogen-bond donors (Lipinski definition) is 1. The number of methoxy groups -OCH3 is 1.